The molecule has 4 N–H and O–H groups in total. The van der Waals surface area contributed by atoms with E-state index in [0.717, 1.165) is 25.3 Å². The second-order valence-electron chi connectivity index (χ2n) is 7.55. The van der Waals surface area contributed by atoms with Gasteiger partial charge in [-0.15, -0.1) is 0 Å². The van der Waals surface area contributed by atoms with Gasteiger partial charge in [0, 0.05) is 25.2 Å². The van der Waals surface area contributed by atoms with Crippen LogP contribution in [0.3, 0.4) is 0 Å². The molecule has 0 radical (unpaired) electrons. The molecule has 4 rings (SSSR count). The van der Waals surface area contributed by atoms with Crippen LogP contribution in [-0.4, -0.2) is 35.5 Å². The van der Waals surface area contributed by atoms with Crippen LogP contribution in [0.1, 0.15) is 32.2 Å². The lowest BCUT2D eigenvalue weighted by atomic mass is 10.0. The van der Waals surface area contributed by atoms with E-state index in [1.807, 2.05) is 11.8 Å². The highest BCUT2D eigenvalue weighted by Crippen LogP contribution is 2.43. The molecule has 1 saturated carbocycles. The highest BCUT2D eigenvalue weighted by Gasteiger charge is 2.34. The van der Waals surface area contributed by atoms with E-state index in [4.69, 9.17) is 16.3 Å². The number of ether oxygens (including phenoxy) is 1. The molecule has 0 spiro atoms. The maximum absolute atomic E-state index is 15.1. The van der Waals surface area contributed by atoms with Crippen LogP contribution < -0.4 is 32.5 Å². The number of halogens is 1. The Labute approximate surface area is 155 Å². The number of methoxy groups -OCH3 is 1. The summed E-state index contributed by atoms with van der Waals surface area (Å²) in [4.78, 5) is 27.0. The number of nitrogen functional groups attached to an aromatic ring is 1. The van der Waals surface area contributed by atoms with Gasteiger partial charge in [0.15, 0.2) is 11.6 Å². The van der Waals surface area contributed by atoms with Gasteiger partial charge in [0.05, 0.1) is 12.5 Å². The van der Waals surface area contributed by atoms with Crippen molar-refractivity contribution in [2.75, 3.05) is 30.9 Å². The normalized spacial score (nSPS) is 21.0. The van der Waals surface area contributed by atoms with Crippen molar-refractivity contribution >= 4 is 16.6 Å². The first-order valence-electron chi connectivity index (χ1n) is 9.18. The first-order chi connectivity index (χ1) is 12.8. The van der Waals surface area contributed by atoms with Gasteiger partial charge in [-0.1, -0.05) is 0 Å². The highest BCUT2D eigenvalue weighted by atomic mass is 19.1. The molecular weight excluding hydrogens is 353 g/mol. The van der Waals surface area contributed by atoms with Crippen molar-refractivity contribution in [3.8, 4) is 5.75 Å². The molecule has 9 heteroatoms. The molecule has 1 aromatic heterocycles. The minimum Gasteiger partial charge on any atom is -0.492 e. The minimum absolute atomic E-state index is 0.00130. The molecule has 1 aliphatic heterocycles. The second-order valence-corrected chi connectivity index (χ2v) is 7.55. The fraction of sp³-hybridized carbons (Fsp3) is 0.556. The molecule has 2 aliphatic rings. The van der Waals surface area contributed by atoms with E-state index in [0.29, 0.717) is 23.3 Å². The molecule has 0 bridgehead atoms. The van der Waals surface area contributed by atoms with Gasteiger partial charge in [0.2, 0.25) is 0 Å². The molecule has 1 aromatic carbocycles. The Morgan fingerprint density at radius 2 is 2.00 bits per heavy atom. The van der Waals surface area contributed by atoms with Crippen molar-refractivity contribution in [1.82, 2.24) is 9.24 Å². The van der Waals surface area contributed by atoms with Gasteiger partial charge in [-0.05, 0) is 38.2 Å². The van der Waals surface area contributed by atoms with Gasteiger partial charge in [0.1, 0.15) is 11.2 Å². The Kier molecular flexibility index (Phi) is 4.14. The standard InChI is InChI=1S/C18H24FN5O3/c1-9(20)10-5-6-22(8-10)15-13(19)7-12-14(16(15)27-2)23(11-3-4-11)18(26)24(21)17(12)25/h7,9-11H,3-6,8,20-21H2,1-2H3/t9-,10?/m1/s1. The van der Waals surface area contributed by atoms with Crippen LogP contribution in [0.2, 0.25) is 0 Å². The number of rotatable bonds is 4. The Balaban J connectivity index is 2.01. The third-order valence-electron chi connectivity index (χ3n) is 5.69. The number of hydrogen-bond acceptors (Lipinski definition) is 6. The largest absolute Gasteiger partial charge is 0.492 e. The summed E-state index contributed by atoms with van der Waals surface area (Å²) in [5.41, 5.74) is 5.26. The van der Waals surface area contributed by atoms with E-state index in [9.17, 15) is 9.59 Å². The SMILES string of the molecule is COc1c(N2CCC([C@@H](C)N)C2)c(F)cc2c(=O)n(N)c(=O)n(C3CC3)c12. The van der Waals surface area contributed by atoms with Gasteiger partial charge >= 0.3 is 5.69 Å². The van der Waals surface area contributed by atoms with Crippen LogP contribution >= 0.6 is 0 Å². The second kappa shape index (κ2) is 6.26. The zero-order chi connectivity index (χ0) is 19.5. The van der Waals surface area contributed by atoms with Gasteiger partial charge < -0.3 is 21.2 Å². The van der Waals surface area contributed by atoms with Crippen molar-refractivity contribution < 1.29 is 9.13 Å². The Hall–Kier alpha value is -2.55. The van der Waals surface area contributed by atoms with E-state index < -0.39 is 17.1 Å². The molecule has 146 valence electrons. The van der Waals surface area contributed by atoms with Crippen LogP contribution in [0, 0.1) is 11.7 Å². The van der Waals surface area contributed by atoms with Gasteiger partial charge in [-0.2, -0.15) is 4.68 Å². The van der Waals surface area contributed by atoms with E-state index in [-0.39, 0.29) is 34.8 Å². The molecule has 1 saturated heterocycles. The summed E-state index contributed by atoms with van der Waals surface area (Å²) in [6, 6.07) is 1.10. The van der Waals surface area contributed by atoms with Crippen LogP contribution in [0.15, 0.2) is 15.7 Å². The summed E-state index contributed by atoms with van der Waals surface area (Å²) in [6.45, 7) is 3.17. The molecule has 8 nitrogen and oxygen atoms in total. The number of hydrogen-bond donors (Lipinski definition) is 2. The van der Waals surface area contributed by atoms with E-state index in [1.165, 1.54) is 11.7 Å². The molecular formula is C18H24FN5O3. The predicted octanol–water partition coefficient (Wildman–Crippen LogP) is 0.533. The van der Waals surface area contributed by atoms with E-state index in [2.05, 4.69) is 0 Å². The lowest BCUT2D eigenvalue weighted by molar-refractivity contribution is 0.412. The van der Waals surface area contributed by atoms with Crippen molar-refractivity contribution in [3.05, 3.63) is 32.7 Å². The predicted molar refractivity (Wildman–Crippen MR) is 101 cm³/mol. The quantitative estimate of drug-likeness (QED) is 0.753. The third kappa shape index (κ3) is 2.68. The number of aromatic nitrogens is 2. The summed E-state index contributed by atoms with van der Waals surface area (Å²) >= 11 is 0. The van der Waals surface area contributed by atoms with E-state index >= 15 is 4.39 Å². The van der Waals surface area contributed by atoms with Crippen molar-refractivity contribution in [2.24, 2.45) is 11.7 Å². The van der Waals surface area contributed by atoms with Crippen molar-refractivity contribution in [1.29, 1.82) is 0 Å². The summed E-state index contributed by atoms with van der Waals surface area (Å²) in [5, 5.41) is 0.0463. The molecule has 2 fully saturated rings. The number of benzene rings is 1. The Bertz CT molecular complexity index is 1020. The molecule has 2 atom stereocenters. The molecule has 0 amide bonds. The number of anilines is 1. The van der Waals surface area contributed by atoms with Gasteiger partial charge in [-0.3, -0.25) is 9.36 Å². The number of fused-ring (bicyclic) bond motifs is 1. The molecule has 2 heterocycles. The zero-order valence-electron chi connectivity index (χ0n) is 15.4. The lowest BCUT2D eigenvalue weighted by Gasteiger charge is -2.25. The number of nitrogens with two attached hydrogens (primary N) is 2. The molecule has 1 aliphatic carbocycles. The maximum Gasteiger partial charge on any atom is 0.350 e. The number of nitrogens with zero attached hydrogens (tertiary/aromatic N) is 3. The molecule has 2 aromatic rings. The Morgan fingerprint density at radius 1 is 1.30 bits per heavy atom. The zero-order valence-corrected chi connectivity index (χ0v) is 15.4. The lowest BCUT2D eigenvalue weighted by Crippen LogP contribution is -2.44. The van der Waals surface area contributed by atoms with E-state index in [1.54, 1.807) is 0 Å². The van der Waals surface area contributed by atoms with Crippen molar-refractivity contribution in [2.45, 2.75) is 38.3 Å². The minimum atomic E-state index is -0.731. The molecule has 1 unspecified atom stereocenters. The van der Waals surface area contributed by atoms with Gasteiger partial charge in [-0.25, -0.2) is 9.18 Å². The highest BCUT2D eigenvalue weighted by molar-refractivity contribution is 5.91. The first-order valence-corrected chi connectivity index (χ1v) is 9.18. The topological polar surface area (TPSA) is 109 Å². The van der Waals surface area contributed by atoms with Crippen LogP contribution in [-0.2, 0) is 0 Å². The van der Waals surface area contributed by atoms with Crippen LogP contribution in [0.5, 0.6) is 5.75 Å². The Morgan fingerprint density at radius 3 is 2.56 bits per heavy atom. The first kappa shape index (κ1) is 17.8. The van der Waals surface area contributed by atoms with Crippen molar-refractivity contribution in [3.63, 3.8) is 0 Å². The fourth-order valence-corrected chi connectivity index (χ4v) is 4.02. The van der Waals surface area contributed by atoms with Gasteiger partial charge in [0.25, 0.3) is 5.56 Å². The maximum atomic E-state index is 15.1. The molecule has 27 heavy (non-hydrogen) atoms. The third-order valence-corrected chi connectivity index (χ3v) is 5.69. The average Bonchev–Trinajstić information content (AvgIpc) is 3.35. The average molecular weight is 377 g/mol. The van der Waals surface area contributed by atoms with Crippen LogP contribution in [0.25, 0.3) is 10.9 Å². The fourth-order valence-electron chi connectivity index (χ4n) is 4.02. The summed E-state index contributed by atoms with van der Waals surface area (Å²) in [6.07, 6.45) is 2.46. The van der Waals surface area contributed by atoms with Crippen LogP contribution in [0.4, 0.5) is 10.1 Å². The smallest absolute Gasteiger partial charge is 0.350 e. The monoisotopic (exact) mass is 377 g/mol. The summed E-state index contributed by atoms with van der Waals surface area (Å²) in [7, 11) is 1.42. The summed E-state index contributed by atoms with van der Waals surface area (Å²) < 4.78 is 22.6. The summed E-state index contributed by atoms with van der Waals surface area (Å²) in [5.74, 6) is 5.53.